The fourth-order valence-corrected chi connectivity index (χ4v) is 5.61. The summed E-state index contributed by atoms with van der Waals surface area (Å²) in [6.45, 7) is 4.52. The van der Waals surface area contributed by atoms with Crippen LogP contribution in [0.2, 0.25) is 0 Å². The van der Waals surface area contributed by atoms with Crippen molar-refractivity contribution in [3.05, 3.63) is 46.2 Å². The summed E-state index contributed by atoms with van der Waals surface area (Å²) in [5.41, 5.74) is 0.760. The molecular formula is C26H34N2O4S. The van der Waals surface area contributed by atoms with Crippen molar-refractivity contribution in [2.75, 3.05) is 13.7 Å². The zero-order chi connectivity index (χ0) is 23.4. The number of carbonyl (C=O) groups is 2. The van der Waals surface area contributed by atoms with Crippen molar-refractivity contribution in [2.45, 2.75) is 77.1 Å². The minimum atomic E-state index is -0.668. The van der Waals surface area contributed by atoms with E-state index in [1.807, 2.05) is 54.5 Å². The average Bonchev–Trinajstić information content (AvgIpc) is 3.16. The second kappa shape index (κ2) is 10.6. The van der Waals surface area contributed by atoms with Gasteiger partial charge in [0.2, 0.25) is 5.91 Å². The van der Waals surface area contributed by atoms with Gasteiger partial charge in [0.15, 0.2) is 11.5 Å². The predicted molar refractivity (Wildman–Crippen MR) is 130 cm³/mol. The van der Waals surface area contributed by atoms with Gasteiger partial charge in [-0.25, -0.2) is 0 Å². The van der Waals surface area contributed by atoms with Gasteiger partial charge in [0.1, 0.15) is 12.6 Å². The first-order valence-electron chi connectivity index (χ1n) is 11.9. The van der Waals surface area contributed by atoms with Crippen LogP contribution in [0.1, 0.15) is 68.9 Å². The van der Waals surface area contributed by atoms with Gasteiger partial charge >= 0.3 is 0 Å². The van der Waals surface area contributed by atoms with E-state index in [2.05, 4.69) is 0 Å². The van der Waals surface area contributed by atoms with E-state index in [0.717, 1.165) is 36.1 Å². The van der Waals surface area contributed by atoms with Crippen LogP contribution in [0.4, 0.5) is 0 Å². The van der Waals surface area contributed by atoms with E-state index in [1.165, 1.54) is 12.8 Å². The van der Waals surface area contributed by atoms with Crippen molar-refractivity contribution >= 4 is 23.2 Å². The Morgan fingerprint density at radius 1 is 1.06 bits per heavy atom. The Labute approximate surface area is 200 Å². The lowest BCUT2D eigenvalue weighted by Gasteiger charge is -2.43. The molecule has 1 saturated carbocycles. The number of rotatable bonds is 7. The van der Waals surface area contributed by atoms with Crippen LogP contribution >= 0.6 is 11.3 Å². The molecule has 6 nitrogen and oxygen atoms in total. The first-order chi connectivity index (χ1) is 16.0. The average molecular weight is 471 g/mol. The number of nitrogens with zero attached hydrogens (tertiary/aromatic N) is 2. The van der Waals surface area contributed by atoms with Gasteiger partial charge in [0.05, 0.1) is 19.8 Å². The lowest BCUT2D eigenvalue weighted by Crippen LogP contribution is -2.57. The number of benzene rings is 1. The summed E-state index contributed by atoms with van der Waals surface area (Å²) in [6, 6.07) is 9.06. The van der Waals surface area contributed by atoms with Crippen molar-refractivity contribution in [2.24, 2.45) is 0 Å². The number of hydrogen-bond acceptors (Lipinski definition) is 5. The highest BCUT2D eigenvalue weighted by Gasteiger charge is 2.43. The summed E-state index contributed by atoms with van der Waals surface area (Å²) in [5.74, 6) is 1.22. The van der Waals surface area contributed by atoms with Gasteiger partial charge in [-0.2, -0.15) is 0 Å². The molecule has 0 radical (unpaired) electrons. The second-order valence-corrected chi connectivity index (χ2v) is 10.2. The van der Waals surface area contributed by atoms with Crippen LogP contribution in [0.15, 0.2) is 35.7 Å². The maximum Gasteiger partial charge on any atom is 0.250 e. The summed E-state index contributed by atoms with van der Waals surface area (Å²) in [6.07, 6.45) is 6.58. The summed E-state index contributed by atoms with van der Waals surface area (Å²) in [7, 11) is 1.60. The molecule has 33 heavy (non-hydrogen) atoms. The van der Waals surface area contributed by atoms with E-state index < -0.39 is 6.04 Å². The first-order valence-corrected chi connectivity index (χ1v) is 12.8. The molecule has 1 saturated heterocycles. The SMILES string of the molecule is COc1cc([C@H]2C(=O)N(C3CCCCCC3)CC(=O)N2Cc2cccs2)ccc1OC(C)C. The third-order valence-corrected chi connectivity index (χ3v) is 7.35. The van der Waals surface area contributed by atoms with Crippen molar-refractivity contribution in [3.8, 4) is 11.5 Å². The fraction of sp³-hybridized carbons (Fsp3) is 0.538. The molecule has 1 aliphatic carbocycles. The molecule has 7 heteroatoms. The van der Waals surface area contributed by atoms with Crippen LogP contribution in [0.5, 0.6) is 11.5 Å². The maximum absolute atomic E-state index is 13.9. The van der Waals surface area contributed by atoms with Crippen LogP contribution in [0.3, 0.4) is 0 Å². The molecule has 0 unspecified atom stereocenters. The highest BCUT2D eigenvalue weighted by molar-refractivity contribution is 7.09. The molecule has 0 N–H and O–H groups in total. The number of ether oxygens (including phenoxy) is 2. The zero-order valence-corrected chi connectivity index (χ0v) is 20.6. The molecule has 1 aromatic heterocycles. The third-order valence-electron chi connectivity index (χ3n) is 6.49. The molecule has 1 aromatic carbocycles. The quantitative estimate of drug-likeness (QED) is 0.523. The molecule has 2 aromatic rings. The van der Waals surface area contributed by atoms with Gasteiger partial charge in [-0.3, -0.25) is 9.59 Å². The number of hydrogen-bond donors (Lipinski definition) is 0. The van der Waals surface area contributed by atoms with Gasteiger partial charge in [-0.05, 0) is 55.8 Å². The summed E-state index contributed by atoms with van der Waals surface area (Å²) in [4.78, 5) is 32.0. The van der Waals surface area contributed by atoms with E-state index in [9.17, 15) is 9.59 Å². The van der Waals surface area contributed by atoms with Crippen LogP contribution in [0.25, 0.3) is 0 Å². The molecular weight excluding hydrogens is 436 g/mol. The number of piperazine rings is 1. The van der Waals surface area contributed by atoms with E-state index in [0.29, 0.717) is 18.0 Å². The monoisotopic (exact) mass is 470 g/mol. The van der Waals surface area contributed by atoms with Crippen LogP contribution in [-0.2, 0) is 16.1 Å². The summed E-state index contributed by atoms with van der Waals surface area (Å²) in [5, 5.41) is 2.00. The zero-order valence-electron chi connectivity index (χ0n) is 19.8. The molecule has 4 rings (SSSR count). The van der Waals surface area contributed by atoms with Gasteiger partial charge in [0.25, 0.3) is 5.91 Å². The van der Waals surface area contributed by atoms with E-state index in [1.54, 1.807) is 23.3 Å². The largest absolute Gasteiger partial charge is 0.493 e. The number of amides is 2. The Morgan fingerprint density at radius 2 is 1.82 bits per heavy atom. The Hall–Kier alpha value is -2.54. The molecule has 0 spiro atoms. The molecule has 2 amide bonds. The van der Waals surface area contributed by atoms with Gasteiger partial charge in [-0.15, -0.1) is 11.3 Å². The Kier molecular flexibility index (Phi) is 7.58. The van der Waals surface area contributed by atoms with Crippen LogP contribution in [-0.4, -0.2) is 47.4 Å². The van der Waals surface area contributed by atoms with Gasteiger partial charge in [-0.1, -0.05) is 37.8 Å². The van der Waals surface area contributed by atoms with E-state index in [-0.39, 0.29) is 30.5 Å². The lowest BCUT2D eigenvalue weighted by molar-refractivity contribution is -0.159. The highest BCUT2D eigenvalue weighted by atomic mass is 32.1. The number of methoxy groups -OCH3 is 1. The molecule has 1 aliphatic heterocycles. The van der Waals surface area contributed by atoms with Crippen molar-refractivity contribution in [1.29, 1.82) is 0 Å². The normalized spacial score (nSPS) is 20.3. The van der Waals surface area contributed by atoms with Crippen molar-refractivity contribution in [3.63, 3.8) is 0 Å². The highest BCUT2D eigenvalue weighted by Crippen LogP contribution is 2.37. The third kappa shape index (κ3) is 5.35. The topological polar surface area (TPSA) is 59.1 Å². The number of carbonyl (C=O) groups excluding carboxylic acids is 2. The first kappa shape index (κ1) is 23.6. The lowest BCUT2D eigenvalue weighted by atomic mass is 9.97. The molecule has 2 heterocycles. The van der Waals surface area contributed by atoms with Crippen molar-refractivity contribution < 1.29 is 19.1 Å². The Bertz CT molecular complexity index is 951. The summed E-state index contributed by atoms with van der Waals surface area (Å²) < 4.78 is 11.5. The standard InChI is InChI=1S/C26H34N2O4S/c1-18(2)32-22-13-12-19(15-23(22)31-3)25-26(30)27(20-9-6-4-5-7-10-20)17-24(29)28(25)16-21-11-8-14-33-21/h8,11-15,18,20,25H,4-7,9-10,16-17H2,1-3H3/t25-/m0/s1. The van der Waals surface area contributed by atoms with E-state index >= 15 is 0 Å². The predicted octanol–water partition coefficient (Wildman–Crippen LogP) is 5.18. The minimum absolute atomic E-state index is 0.00118. The minimum Gasteiger partial charge on any atom is -0.493 e. The molecule has 0 bridgehead atoms. The fourth-order valence-electron chi connectivity index (χ4n) is 4.91. The van der Waals surface area contributed by atoms with Gasteiger partial charge in [0, 0.05) is 10.9 Å². The molecule has 1 atom stereocenters. The number of thiophene rings is 1. The Morgan fingerprint density at radius 3 is 2.45 bits per heavy atom. The maximum atomic E-state index is 13.9. The second-order valence-electron chi connectivity index (χ2n) is 9.19. The van der Waals surface area contributed by atoms with Crippen LogP contribution in [0, 0.1) is 0 Å². The summed E-state index contributed by atoms with van der Waals surface area (Å²) >= 11 is 1.60. The van der Waals surface area contributed by atoms with Crippen molar-refractivity contribution in [1.82, 2.24) is 9.80 Å². The Balaban J connectivity index is 1.70. The smallest absolute Gasteiger partial charge is 0.250 e. The van der Waals surface area contributed by atoms with E-state index in [4.69, 9.17) is 9.47 Å². The molecule has 178 valence electrons. The molecule has 2 aliphatic rings. The van der Waals surface area contributed by atoms with Gasteiger partial charge < -0.3 is 19.3 Å². The molecule has 2 fully saturated rings. The van der Waals surface area contributed by atoms with Crippen LogP contribution < -0.4 is 9.47 Å².